The summed E-state index contributed by atoms with van der Waals surface area (Å²) in [6.45, 7) is 3.44. The topological polar surface area (TPSA) is 111 Å². The number of nitro benzene ring substituents is 1. The van der Waals surface area contributed by atoms with Gasteiger partial charge < -0.3 is 14.8 Å². The molecule has 9 heteroatoms. The van der Waals surface area contributed by atoms with Crippen molar-refractivity contribution in [3.8, 4) is 5.75 Å². The third kappa shape index (κ3) is 3.99. The lowest BCUT2D eigenvalue weighted by molar-refractivity contribution is -0.384. The maximum Gasteiger partial charge on any atom is 0.323 e. The highest BCUT2D eigenvalue weighted by atomic mass is 16.6. The summed E-state index contributed by atoms with van der Waals surface area (Å²) in [5.41, 5.74) is 0.165. The molecule has 0 radical (unpaired) electrons. The Bertz CT molecular complexity index is 648. The van der Waals surface area contributed by atoms with E-state index in [-0.39, 0.29) is 17.9 Å². The number of morpholine rings is 1. The van der Waals surface area contributed by atoms with Crippen LogP contribution in [0.3, 0.4) is 0 Å². The molecule has 1 aliphatic rings. The first-order valence-corrected chi connectivity index (χ1v) is 7.49. The maximum atomic E-state index is 12.2. The van der Waals surface area contributed by atoms with Gasteiger partial charge in [-0.05, 0) is 12.6 Å². The van der Waals surface area contributed by atoms with Crippen molar-refractivity contribution in [1.82, 2.24) is 4.90 Å². The molecule has 1 unspecified atom stereocenters. The molecule has 2 rings (SSSR count). The van der Waals surface area contributed by atoms with Gasteiger partial charge in [-0.2, -0.15) is 0 Å². The molecule has 9 nitrogen and oxygen atoms in total. The molecule has 0 saturated carbocycles. The number of benzene rings is 1. The lowest BCUT2D eigenvalue weighted by Gasteiger charge is -2.32. The number of carbonyl (C=O) groups excluding carboxylic acids is 2. The molecule has 1 amide bonds. The summed E-state index contributed by atoms with van der Waals surface area (Å²) >= 11 is 0. The molecule has 1 atom stereocenters. The second kappa shape index (κ2) is 7.73. The zero-order valence-electron chi connectivity index (χ0n) is 13.5. The summed E-state index contributed by atoms with van der Waals surface area (Å²) in [4.78, 5) is 36.2. The third-order valence-corrected chi connectivity index (χ3v) is 3.79. The molecule has 1 saturated heterocycles. The molecular weight excluding hydrogens is 318 g/mol. The Hall–Kier alpha value is -2.68. The van der Waals surface area contributed by atoms with E-state index in [9.17, 15) is 19.7 Å². The first kappa shape index (κ1) is 17.7. The van der Waals surface area contributed by atoms with Crippen LogP contribution in [0, 0.1) is 10.1 Å². The maximum absolute atomic E-state index is 12.2. The molecule has 1 aromatic carbocycles. The monoisotopic (exact) mass is 337 g/mol. The summed E-state index contributed by atoms with van der Waals surface area (Å²) in [6, 6.07) is 3.26. The van der Waals surface area contributed by atoms with Gasteiger partial charge in [0, 0.05) is 12.6 Å². The number of nitrogens with zero attached hydrogens (tertiary/aromatic N) is 2. The van der Waals surface area contributed by atoms with Crippen molar-refractivity contribution in [2.75, 3.05) is 32.1 Å². The molecule has 130 valence electrons. The van der Waals surface area contributed by atoms with Crippen LogP contribution in [0.4, 0.5) is 11.4 Å². The van der Waals surface area contributed by atoms with Gasteiger partial charge in [0.15, 0.2) is 0 Å². The van der Waals surface area contributed by atoms with E-state index in [1.165, 1.54) is 25.3 Å². The number of amides is 1. The van der Waals surface area contributed by atoms with Gasteiger partial charge >= 0.3 is 5.97 Å². The number of hydrogen-bond donors (Lipinski definition) is 1. The molecule has 0 bridgehead atoms. The molecule has 1 fully saturated rings. The number of anilines is 1. The standard InChI is InChI=1S/C15H19N3O6/c1-3-17-6-7-24-15(20)12(17)9-14(19)16-11-5-4-10(18(21)22)8-13(11)23-2/h4-5,8,12H,3,6-7,9H2,1-2H3,(H,16,19). The van der Waals surface area contributed by atoms with Gasteiger partial charge in [-0.3, -0.25) is 24.6 Å². The van der Waals surface area contributed by atoms with Crippen LogP contribution in [-0.4, -0.2) is 54.5 Å². The van der Waals surface area contributed by atoms with Crippen LogP contribution >= 0.6 is 0 Å². The Kier molecular flexibility index (Phi) is 5.69. The van der Waals surface area contributed by atoms with E-state index in [4.69, 9.17) is 9.47 Å². The van der Waals surface area contributed by atoms with Crippen LogP contribution in [0.2, 0.25) is 0 Å². The average Bonchev–Trinajstić information content (AvgIpc) is 2.56. The second-order valence-electron chi connectivity index (χ2n) is 5.21. The number of non-ortho nitro benzene ring substituents is 1. The van der Waals surface area contributed by atoms with Crippen molar-refractivity contribution in [3.63, 3.8) is 0 Å². The number of methoxy groups -OCH3 is 1. The Balaban J connectivity index is 2.09. The molecule has 0 aromatic heterocycles. The second-order valence-corrected chi connectivity index (χ2v) is 5.21. The van der Waals surface area contributed by atoms with Gasteiger partial charge in [-0.15, -0.1) is 0 Å². The molecule has 1 N–H and O–H groups in total. The smallest absolute Gasteiger partial charge is 0.323 e. The van der Waals surface area contributed by atoms with Gasteiger partial charge in [0.1, 0.15) is 18.4 Å². The Morgan fingerprint density at radius 3 is 2.92 bits per heavy atom. The SMILES string of the molecule is CCN1CCOC(=O)C1CC(=O)Nc1ccc([N+](=O)[O-])cc1OC. The van der Waals surface area contributed by atoms with Gasteiger partial charge in [0.25, 0.3) is 5.69 Å². The number of carbonyl (C=O) groups is 2. The minimum absolute atomic E-state index is 0.0627. The predicted octanol–water partition coefficient (Wildman–Crippen LogP) is 1.18. The lowest BCUT2D eigenvalue weighted by Crippen LogP contribution is -2.50. The Morgan fingerprint density at radius 1 is 1.54 bits per heavy atom. The number of rotatable bonds is 6. The van der Waals surface area contributed by atoms with E-state index in [1.54, 1.807) is 0 Å². The number of likely N-dealkylation sites (N-methyl/N-ethyl adjacent to an activating group) is 1. The van der Waals surface area contributed by atoms with Crippen molar-refractivity contribution in [1.29, 1.82) is 0 Å². The normalized spacial score (nSPS) is 17.9. The highest BCUT2D eigenvalue weighted by Crippen LogP contribution is 2.29. The first-order chi connectivity index (χ1) is 11.5. The molecule has 24 heavy (non-hydrogen) atoms. The quantitative estimate of drug-likeness (QED) is 0.471. The molecule has 1 aromatic rings. The van der Waals surface area contributed by atoms with Crippen LogP contribution in [0.15, 0.2) is 18.2 Å². The van der Waals surface area contributed by atoms with Gasteiger partial charge in [-0.1, -0.05) is 6.92 Å². The molecule has 0 spiro atoms. The van der Waals surface area contributed by atoms with Crippen LogP contribution in [0.1, 0.15) is 13.3 Å². The van der Waals surface area contributed by atoms with Crippen LogP contribution in [-0.2, 0) is 14.3 Å². The van der Waals surface area contributed by atoms with E-state index in [1.807, 2.05) is 11.8 Å². The Morgan fingerprint density at radius 2 is 2.29 bits per heavy atom. The van der Waals surface area contributed by atoms with E-state index >= 15 is 0 Å². The van der Waals surface area contributed by atoms with Gasteiger partial charge in [-0.25, -0.2) is 0 Å². The van der Waals surface area contributed by atoms with Crippen molar-refractivity contribution in [2.24, 2.45) is 0 Å². The number of cyclic esters (lactones) is 1. The van der Waals surface area contributed by atoms with Crippen LogP contribution in [0.25, 0.3) is 0 Å². The van der Waals surface area contributed by atoms with Gasteiger partial charge in [0.2, 0.25) is 5.91 Å². The zero-order valence-corrected chi connectivity index (χ0v) is 13.5. The molecule has 0 aliphatic carbocycles. The van der Waals surface area contributed by atoms with E-state index in [2.05, 4.69) is 5.32 Å². The summed E-state index contributed by atoms with van der Waals surface area (Å²) in [5.74, 6) is -0.644. The van der Waals surface area contributed by atoms with Crippen molar-refractivity contribution >= 4 is 23.3 Å². The third-order valence-electron chi connectivity index (χ3n) is 3.79. The largest absolute Gasteiger partial charge is 0.494 e. The number of nitro groups is 1. The van der Waals surface area contributed by atoms with Crippen molar-refractivity contribution in [2.45, 2.75) is 19.4 Å². The summed E-state index contributed by atoms with van der Waals surface area (Å²) in [7, 11) is 1.35. The number of ether oxygens (including phenoxy) is 2. The number of hydrogen-bond acceptors (Lipinski definition) is 7. The fraction of sp³-hybridized carbons (Fsp3) is 0.467. The Labute approximate surface area is 138 Å². The van der Waals surface area contributed by atoms with Gasteiger partial charge in [0.05, 0.1) is 30.2 Å². The number of esters is 1. The number of nitrogens with one attached hydrogen (secondary N) is 1. The fourth-order valence-corrected chi connectivity index (χ4v) is 2.53. The summed E-state index contributed by atoms with van der Waals surface area (Å²) in [5, 5.41) is 13.4. The predicted molar refractivity (Wildman–Crippen MR) is 84.9 cm³/mol. The zero-order chi connectivity index (χ0) is 17.7. The fourth-order valence-electron chi connectivity index (χ4n) is 2.53. The van der Waals surface area contributed by atoms with E-state index in [0.717, 1.165) is 0 Å². The van der Waals surface area contributed by atoms with E-state index in [0.29, 0.717) is 25.4 Å². The minimum atomic E-state index is -0.632. The molecule has 1 heterocycles. The molecule has 1 aliphatic heterocycles. The summed E-state index contributed by atoms with van der Waals surface area (Å²) < 4.78 is 10.1. The highest BCUT2D eigenvalue weighted by molar-refractivity contribution is 5.95. The average molecular weight is 337 g/mol. The minimum Gasteiger partial charge on any atom is -0.494 e. The van der Waals surface area contributed by atoms with Crippen LogP contribution in [0.5, 0.6) is 5.75 Å². The lowest BCUT2D eigenvalue weighted by atomic mass is 10.1. The van der Waals surface area contributed by atoms with Crippen molar-refractivity contribution < 1.29 is 24.0 Å². The summed E-state index contributed by atoms with van der Waals surface area (Å²) in [6.07, 6.45) is -0.0627. The molecular formula is C15H19N3O6. The van der Waals surface area contributed by atoms with Crippen LogP contribution < -0.4 is 10.1 Å². The first-order valence-electron chi connectivity index (χ1n) is 7.49. The van der Waals surface area contributed by atoms with E-state index < -0.39 is 22.8 Å². The highest BCUT2D eigenvalue weighted by Gasteiger charge is 2.32. The van der Waals surface area contributed by atoms with Crippen molar-refractivity contribution in [3.05, 3.63) is 28.3 Å².